The minimum absolute atomic E-state index is 0.0272. The summed E-state index contributed by atoms with van der Waals surface area (Å²) in [4.78, 5) is 39.3. The Morgan fingerprint density at radius 1 is 1.10 bits per heavy atom. The van der Waals surface area contributed by atoms with Gasteiger partial charge in [0.1, 0.15) is 13.2 Å². The van der Waals surface area contributed by atoms with E-state index >= 15 is 0 Å². The van der Waals surface area contributed by atoms with Crippen LogP contribution in [0, 0.1) is 20.8 Å². The minimum Gasteiger partial charge on any atom is -0.456 e. The van der Waals surface area contributed by atoms with Crippen LogP contribution in [0.25, 0.3) is 0 Å². The largest absolute Gasteiger partial charge is 0.456 e. The number of aryl methyl sites for hydroxylation is 3. The molecular weight excluding hydrogens is 382 g/mol. The van der Waals surface area contributed by atoms with Crippen LogP contribution in [0.15, 0.2) is 53.7 Å². The average Bonchev–Trinajstić information content (AvgIpc) is 3.09. The van der Waals surface area contributed by atoms with Gasteiger partial charge in [-0.25, -0.2) is 9.59 Å². The second-order valence-corrected chi connectivity index (χ2v) is 7.63. The van der Waals surface area contributed by atoms with E-state index in [4.69, 9.17) is 4.74 Å². The van der Waals surface area contributed by atoms with Crippen molar-refractivity contribution in [3.63, 3.8) is 0 Å². The Morgan fingerprint density at radius 2 is 1.77 bits per heavy atom. The molecule has 2 aromatic carbocycles. The van der Waals surface area contributed by atoms with Crippen LogP contribution >= 0.6 is 0 Å². The van der Waals surface area contributed by atoms with Gasteiger partial charge in [-0.2, -0.15) is 0 Å². The number of esters is 1. The van der Waals surface area contributed by atoms with Crippen LogP contribution in [0.5, 0.6) is 0 Å². The number of carbonyl (C=O) groups is 3. The SMILES string of the molecule is Cc1ccc([C@H]2NC(=O)N(CC(=O)Nc3c(C)cccc3C)C3=C2C(=O)OC3)cc1. The van der Waals surface area contributed by atoms with Crippen molar-refractivity contribution in [3.8, 4) is 0 Å². The van der Waals surface area contributed by atoms with Gasteiger partial charge >= 0.3 is 12.0 Å². The molecular formula is C23H23N3O4. The highest BCUT2D eigenvalue weighted by molar-refractivity contribution is 6.00. The predicted octanol–water partition coefficient (Wildman–Crippen LogP) is 3.13. The quantitative estimate of drug-likeness (QED) is 0.765. The maximum atomic E-state index is 12.8. The number of ether oxygens (including phenoxy) is 1. The van der Waals surface area contributed by atoms with E-state index in [2.05, 4.69) is 10.6 Å². The lowest BCUT2D eigenvalue weighted by atomic mass is 9.95. The molecule has 0 aliphatic carbocycles. The molecule has 7 nitrogen and oxygen atoms in total. The van der Waals surface area contributed by atoms with Gasteiger partial charge in [0.2, 0.25) is 5.91 Å². The molecule has 2 aromatic rings. The van der Waals surface area contributed by atoms with E-state index < -0.39 is 18.0 Å². The fourth-order valence-electron chi connectivity index (χ4n) is 3.82. The van der Waals surface area contributed by atoms with Gasteiger partial charge in [0, 0.05) is 5.69 Å². The summed E-state index contributed by atoms with van der Waals surface area (Å²) >= 11 is 0. The van der Waals surface area contributed by atoms with E-state index in [-0.39, 0.29) is 19.1 Å². The summed E-state index contributed by atoms with van der Waals surface area (Å²) in [6, 6.07) is 12.3. The molecule has 0 radical (unpaired) electrons. The van der Waals surface area contributed by atoms with E-state index in [9.17, 15) is 14.4 Å². The summed E-state index contributed by atoms with van der Waals surface area (Å²) in [6.45, 7) is 5.55. The zero-order valence-corrected chi connectivity index (χ0v) is 17.1. The summed E-state index contributed by atoms with van der Waals surface area (Å²) in [5.41, 5.74) is 5.28. The van der Waals surface area contributed by atoms with Crippen LogP contribution < -0.4 is 10.6 Å². The van der Waals surface area contributed by atoms with Crippen molar-refractivity contribution in [1.82, 2.24) is 10.2 Å². The highest BCUT2D eigenvalue weighted by Crippen LogP contribution is 2.35. The first-order chi connectivity index (χ1) is 14.3. The third-order valence-electron chi connectivity index (χ3n) is 5.46. The van der Waals surface area contributed by atoms with Gasteiger partial charge in [-0.3, -0.25) is 9.69 Å². The van der Waals surface area contributed by atoms with Gasteiger partial charge < -0.3 is 15.4 Å². The van der Waals surface area contributed by atoms with E-state index in [1.54, 1.807) is 0 Å². The fourth-order valence-corrected chi connectivity index (χ4v) is 3.82. The molecule has 7 heteroatoms. The molecule has 2 aliphatic rings. The number of anilines is 1. The molecule has 0 saturated heterocycles. The number of nitrogens with one attached hydrogen (secondary N) is 2. The molecule has 0 saturated carbocycles. The standard InChI is InChI=1S/C23H23N3O4/c1-13-7-9-16(10-8-13)21-19-17(12-30-22(19)28)26(23(29)25-21)11-18(27)24-20-14(2)5-4-6-15(20)3/h4-10,21H,11-12H2,1-3H3,(H,24,27)(H,25,29)/t21-/m1/s1. The summed E-state index contributed by atoms with van der Waals surface area (Å²) in [7, 11) is 0. The molecule has 30 heavy (non-hydrogen) atoms. The molecule has 2 N–H and O–H groups in total. The van der Waals surface area contributed by atoms with Crippen molar-refractivity contribution in [2.75, 3.05) is 18.5 Å². The molecule has 0 fully saturated rings. The second kappa shape index (κ2) is 7.67. The number of para-hydroxylation sites is 1. The van der Waals surface area contributed by atoms with Crippen molar-refractivity contribution in [1.29, 1.82) is 0 Å². The predicted molar refractivity (Wildman–Crippen MR) is 112 cm³/mol. The Bertz CT molecular complexity index is 1050. The Morgan fingerprint density at radius 3 is 2.43 bits per heavy atom. The first-order valence-electron chi connectivity index (χ1n) is 9.76. The number of urea groups is 1. The highest BCUT2D eigenvalue weighted by atomic mass is 16.5. The molecule has 1 atom stereocenters. The third-order valence-corrected chi connectivity index (χ3v) is 5.46. The van der Waals surface area contributed by atoms with Gasteiger partial charge in [-0.15, -0.1) is 0 Å². The molecule has 154 valence electrons. The Hall–Kier alpha value is -3.61. The van der Waals surface area contributed by atoms with Gasteiger partial charge in [0.15, 0.2) is 0 Å². The lowest BCUT2D eigenvalue weighted by Crippen LogP contribution is -2.49. The van der Waals surface area contributed by atoms with Crippen LogP contribution in [-0.2, 0) is 14.3 Å². The molecule has 0 bridgehead atoms. The first kappa shape index (κ1) is 19.7. The van der Waals surface area contributed by atoms with Gasteiger partial charge in [0.05, 0.1) is 17.3 Å². The number of amides is 3. The number of cyclic esters (lactones) is 1. The Balaban J connectivity index is 1.60. The topological polar surface area (TPSA) is 87.7 Å². The number of hydrogen-bond donors (Lipinski definition) is 2. The summed E-state index contributed by atoms with van der Waals surface area (Å²) in [6.07, 6.45) is 0. The zero-order chi connectivity index (χ0) is 21.4. The minimum atomic E-state index is -0.596. The van der Waals surface area contributed by atoms with Crippen LogP contribution in [0.4, 0.5) is 10.5 Å². The zero-order valence-electron chi connectivity index (χ0n) is 17.1. The number of nitrogens with zero attached hydrogens (tertiary/aromatic N) is 1. The van der Waals surface area contributed by atoms with Crippen LogP contribution in [0.2, 0.25) is 0 Å². The second-order valence-electron chi connectivity index (χ2n) is 7.63. The van der Waals surface area contributed by atoms with Gasteiger partial charge in [-0.05, 0) is 37.5 Å². The first-order valence-corrected chi connectivity index (χ1v) is 9.76. The molecule has 2 heterocycles. The van der Waals surface area contributed by atoms with Crippen LogP contribution in [-0.4, -0.2) is 36.0 Å². The summed E-state index contributed by atoms with van der Waals surface area (Å²) < 4.78 is 5.21. The van der Waals surface area contributed by atoms with Crippen LogP contribution in [0.3, 0.4) is 0 Å². The van der Waals surface area contributed by atoms with Crippen molar-refractivity contribution in [2.45, 2.75) is 26.8 Å². The molecule has 0 unspecified atom stereocenters. The lowest BCUT2D eigenvalue weighted by molar-refractivity contribution is -0.136. The number of benzene rings is 2. The maximum Gasteiger partial charge on any atom is 0.338 e. The Labute approximate surface area is 174 Å². The average molecular weight is 405 g/mol. The van der Waals surface area contributed by atoms with Crippen molar-refractivity contribution < 1.29 is 19.1 Å². The van der Waals surface area contributed by atoms with E-state index in [0.717, 1.165) is 27.9 Å². The van der Waals surface area contributed by atoms with E-state index in [1.165, 1.54) is 4.90 Å². The van der Waals surface area contributed by atoms with E-state index in [1.807, 2.05) is 63.2 Å². The normalized spacial score (nSPS) is 18.1. The van der Waals surface area contributed by atoms with Gasteiger partial charge in [0.25, 0.3) is 0 Å². The molecule has 3 amide bonds. The lowest BCUT2D eigenvalue weighted by Gasteiger charge is -2.32. The number of hydrogen-bond acceptors (Lipinski definition) is 4. The monoisotopic (exact) mass is 405 g/mol. The van der Waals surface area contributed by atoms with Crippen molar-refractivity contribution in [3.05, 3.63) is 76.0 Å². The maximum absolute atomic E-state index is 12.8. The van der Waals surface area contributed by atoms with E-state index in [0.29, 0.717) is 11.3 Å². The molecule has 2 aliphatic heterocycles. The number of rotatable bonds is 4. The molecule has 0 aromatic heterocycles. The van der Waals surface area contributed by atoms with Crippen molar-refractivity contribution in [2.24, 2.45) is 0 Å². The fraction of sp³-hybridized carbons (Fsp3) is 0.261. The Kier molecular flexibility index (Phi) is 5.03. The molecule has 4 rings (SSSR count). The summed E-state index contributed by atoms with van der Waals surface area (Å²) in [5.74, 6) is -0.821. The highest BCUT2D eigenvalue weighted by Gasteiger charge is 2.42. The summed E-state index contributed by atoms with van der Waals surface area (Å²) in [5, 5.41) is 5.72. The van der Waals surface area contributed by atoms with Crippen LogP contribution in [0.1, 0.15) is 28.3 Å². The smallest absolute Gasteiger partial charge is 0.338 e. The number of carbonyl (C=O) groups excluding carboxylic acids is 3. The molecule has 0 spiro atoms. The third kappa shape index (κ3) is 3.54. The van der Waals surface area contributed by atoms with Crippen molar-refractivity contribution >= 4 is 23.6 Å². The van der Waals surface area contributed by atoms with Gasteiger partial charge in [-0.1, -0.05) is 48.0 Å².